The first-order chi connectivity index (χ1) is 15.9. The second-order valence-corrected chi connectivity index (χ2v) is 7.97. The van der Waals surface area contributed by atoms with Crippen molar-refractivity contribution >= 4 is 23.6 Å². The minimum atomic E-state index is -1.02. The van der Waals surface area contributed by atoms with Gasteiger partial charge in [-0.1, -0.05) is 35.5 Å². The highest BCUT2D eigenvalue weighted by atomic mass is 16.3. The Bertz CT molecular complexity index is 1290. The fourth-order valence-electron chi connectivity index (χ4n) is 4.10. The Balaban J connectivity index is 1.38. The molecule has 2 unspecified atom stereocenters. The Morgan fingerprint density at radius 3 is 2.55 bits per heavy atom. The smallest absolute Gasteiger partial charge is 0.262 e. The minimum absolute atomic E-state index is 0.0576. The molecule has 2 aliphatic rings. The van der Waals surface area contributed by atoms with Gasteiger partial charge in [-0.25, -0.2) is 4.68 Å². The monoisotopic (exact) mass is 445 g/mol. The van der Waals surface area contributed by atoms with E-state index in [2.05, 4.69) is 15.6 Å². The van der Waals surface area contributed by atoms with Crippen molar-refractivity contribution in [3.05, 3.63) is 77.1 Å². The van der Waals surface area contributed by atoms with Gasteiger partial charge in [0.15, 0.2) is 0 Å². The molecule has 2 aromatic carbocycles. The topological polar surface area (TPSA) is 134 Å². The zero-order chi connectivity index (χ0) is 23.1. The summed E-state index contributed by atoms with van der Waals surface area (Å²) < 4.78 is 1.41. The highest BCUT2D eigenvalue weighted by Gasteiger charge is 2.44. The highest BCUT2D eigenvalue weighted by Crippen LogP contribution is 2.29. The lowest BCUT2D eigenvalue weighted by atomic mass is 10.0. The fourth-order valence-corrected chi connectivity index (χ4v) is 4.10. The number of aliphatic hydroxyl groups excluding tert-OH is 1. The van der Waals surface area contributed by atoms with Crippen LogP contribution in [0.2, 0.25) is 0 Å². The number of benzene rings is 2. The maximum absolute atomic E-state index is 13.0. The van der Waals surface area contributed by atoms with Crippen LogP contribution < -0.4 is 5.32 Å². The number of carbonyl (C=O) groups excluding carboxylic acids is 4. The van der Waals surface area contributed by atoms with Crippen molar-refractivity contribution in [2.45, 2.75) is 31.4 Å². The van der Waals surface area contributed by atoms with Crippen LogP contribution in [-0.4, -0.2) is 54.7 Å². The Labute approximate surface area is 187 Å². The van der Waals surface area contributed by atoms with Crippen molar-refractivity contribution in [1.29, 1.82) is 0 Å². The Kier molecular flexibility index (Phi) is 5.06. The van der Waals surface area contributed by atoms with Gasteiger partial charge in [-0.2, -0.15) is 0 Å². The minimum Gasteiger partial charge on any atom is -0.386 e. The molecule has 0 saturated carbocycles. The number of piperidine rings is 1. The van der Waals surface area contributed by atoms with Gasteiger partial charge < -0.3 is 5.11 Å². The summed E-state index contributed by atoms with van der Waals surface area (Å²) in [5.41, 5.74) is 2.12. The molecule has 0 aliphatic carbocycles. The lowest BCUT2D eigenvalue weighted by Crippen LogP contribution is -2.54. The second kappa shape index (κ2) is 8.06. The van der Waals surface area contributed by atoms with Crippen molar-refractivity contribution in [2.75, 3.05) is 0 Å². The molecule has 33 heavy (non-hydrogen) atoms. The average molecular weight is 445 g/mol. The first kappa shape index (κ1) is 20.7. The fraction of sp³-hybridized carbons (Fsp3) is 0.217. The van der Waals surface area contributed by atoms with E-state index in [1.54, 1.807) is 12.3 Å². The number of carbonyl (C=O) groups is 4. The normalized spacial score (nSPS) is 18.9. The van der Waals surface area contributed by atoms with E-state index in [0.29, 0.717) is 17.8 Å². The van der Waals surface area contributed by atoms with E-state index in [4.69, 9.17) is 0 Å². The molecule has 1 aromatic heterocycles. The number of aromatic nitrogens is 3. The molecule has 10 nitrogen and oxygen atoms in total. The molecule has 1 saturated heterocycles. The van der Waals surface area contributed by atoms with Gasteiger partial charge in [0.25, 0.3) is 11.8 Å². The number of hydrogen-bond acceptors (Lipinski definition) is 7. The van der Waals surface area contributed by atoms with E-state index >= 15 is 0 Å². The van der Waals surface area contributed by atoms with Crippen LogP contribution in [0.1, 0.15) is 50.9 Å². The maximum atomic E-state index is 13.0. The molecule has 3 heterocycles. The molecule has 2 N–H and O–H groups in total. The third-order valence-corrected chi connectivity index (χ3v) is 5.81. The number of rotatable bonds is 5. The summed E-state index contributed by atoms with van der Waals surface area (Å²) in [6, 6.07) is 13.1. The Morgan fingerprint density at radius 2 is 1.79 bits per heavy atom. The van der Waals surface area contributed by atoms with E-state index in [1.165, 1.54) is 16.8 Å². The summed E-state index contributed by atoms with van der Waals surface area (Å²) in [4.78, 5) is 50.3. The summed E-state index contributed by atoms with van der Waals surface area (Å²) in [5, 5.41) is 20.8. The number of nitrogens with one attached hydrogen (secondary N) is 1. The third kappa shape index (κ3) is 3.70. The number of imide groups is 2. The van der Waals surface area contributed by atoms with Gasteiger partial charge in [0.2, 0.25) is 11.8 Å². The van der Waals surface area contributed by atoms with Gasteiger partial charge in [-0.3, -0.25) is 29.4 Å². The van der Waals surface area contributed by atoms with Crippen LogP contribution in [0, 0.1) is 0 Å². The van der Waals surface area contributed by atoms with Crippen LogP contribution in [0.25, 0.3) is 5.69 Å². The predicted molar refractivity (Wildman–Crippen MR) is 113 cm³/mol. The quantitative estimate of drug-likeness (QED) is 0.558. The molecule has 2 atom stereocenters. The predicted octanol–water partition coefficient (Wildman–Crippen LogP) is 0.945. The summed E-state index contributed by atoms with van der Waals surface area (Å²) in [5.74, 6) is -2.26. The van der Waals surface area contributed by atoms with E-state index in [-0.39, 0.29) is 24.0 Å². The van der Waals surface area contributed by atoms with Gasteiger partial charge in [0.1, 0.15) is 17.8 Å². The van der Waals surface area contributed by atoms with Crippen molar-refractivity contribution in [3.8, 4) is 5.69 Å². The molecule has 2 aliphatic heterocycles. The summed E-state index contributed by atoms with van der Waals surface area (Å²) >= 11 is 0. The first-order valence-electron chi connectivity index (χ1n) is 10.4. The molecule has 0 radical (unpaired) electrons. The zero-order valence-electron chi connectivity index (χ0n) is 17.3. The summed E-state index contributed by atoms with van der Waals surface area (Å²) in [7, 11) is 0. The van der Waals surface area contributed by atoms with Crippen LogP contribution >= 0.6 is 0 Å². The highest BCUT2D eigenvalue weighted by molar-refractivity contribution is 6.23. The summed E-state index contributed by atoms with van der Waals surface area (Å²) in [6.45, 7) is 0. The van der Waals surface area contributed by atoms with Crippen LogP contribution in [0.4, 0.5) is 0 Å². The van der Waals surface area contributed by atoms with Crippen molar-refractivity contribution < 1.29 is 24.3 Å². The molecule has 1 fully saturated rings. The van der Waals surface area contributed by atoms with Gasteiger partial charge in [-0.15, -0.1) is 5.10 Å². The molecule has 0 spiro atoms. The van der Waals surface area contributed by atoms with Gasteiger partial charge in [0.05, 0.1) is 23.0 Å². The lowest BCUT2D eigenvalue weighted by Gasteiger charge is -2.27. The molecular formula is C23H19N5O5. The molecule has 3 aromatic rings. The second-order valence-electron chi connectivity index (χ2n) is 7.97. The molecule has 4 amide bonds. The Hall–Kier alpha value is -4.18. The van der Waals surface area contributed by atoms with Crippen LogP contribution in [0.3, 0.4) is 0 Å². The Morgan fingerprint density at radius 1 is 1.03 bits per heavy atom. The standard InChI is InChI=1S/C23H19N5O5/c29-19(10-13-4-2-1-3-5-13)17-12-27(26-25-17)14-6-7-15-16(11-14)23(33)28(22(15)32)18-8-9-20(30)24-21(18)31/h1-7,11-12,18-19,29H,8-10H2,(H,24,30,31). The third-order valence-electron chi connectivity index (χ3n) is 5.81. The van der Waals surface area contributed by atoms with Crippen LogP contribution in [0.5, 0.6) is 0 Å². The van der Waals surface area contributed by atoms with Crippen molar-refractivity contribution in [3.63, 3.8) is 0 Å². The van der Waals surface area contributed by atoms with E-state index in [0.717, 1.165) is 10.5 Å². The molecule has 10 heteroatoms. The first-order valence-corrected chi connectivity index (χ1v) is 10.4. The number of nitrogens with zero attached hydrogens (tertiary/aromatic N) is 4. The van der Waals surface area contributed by atoms with E-state index in [9.17, 15) is 24.3 Å². The van der Waals surface area contributed by atoms with E-state index in [1.807, 2.05) is 30.3 Å². The molecule has 166 valence electrons. The van der Waals surface area contributed by atoms with Crippen molar-refractivity contribution in [1.82, 2.24) is 25.2 Å². The molecular weight excluding hydrogens is 426 g/mol. The zero-order valence-corrected chi connectivity index (χ0v) is 17.3. The lowest BCUT2D eigenvalue weighted by molar-refractivity contribution is -0.136. The van der Waals surface area contributed by atoms with E-state index < -0.39 is 35.8 Å². The van der Waals surface area contributed by atoms with Crippen molar-refractivity contribution in [2.24, 2.45) is 0 Å². The van der Waals surface area contributed by atoms with Gasteiger partial charge >= 0.3 is 0 Å². The molecule has 0 bridgehead atoms. The van der Waals surface area contributed by atoms with Crippen LogP contribution in [0.15, 0.2) is 54.7 Å². The SMILES string of the molecule is O=C1CCC(N2C(=O)c3ccc(-n4cc(C(O)Cc5ccccc5)nn4)cc3C2=O)C(=O)N1. The number of hydrogen-bond donors (Lipinski definition) is 2. The largest absolute Gasteiger partial charge is 0.386 e. The molecule has 5 rings (SSSR count). The number of fused-ring (bicyclic) bond motifs is 1. The average Bonchev–Trinajstić information content (AvgIpc) is 3.39. The van der Waals surface area contributed by atoms with Crippen LogP contribution in [-0.2, 0) is 16.0 Å². The van der Waals surface area contributed by atoms with Gasteiger partial charge in [-0.05, 0) is 30.2 Å². The number of amides is 4. The maximum Gasteiger partial charge on any atom is 0.262 e. The number of aliphatic hydroxyl groups is 1. The van der Waals surface area contributed by atoms with Gasteiger partial charge in [0, 0.05) is 12.8 Å². The summed E-state index contributed by atoms with van der Waals surface area (Å²) in [6.07, 6.45) is 1.23.